The minimum atomic E-state index is -3.54. The van der Waals surface area contributed by atoms with Gasteiger partial charge in [-0.3, -0.25) is 14.7 Å². The molecule has 2 amide bonds. The quantitative estimate of drug-likeness (QED) is 0.504. The molecule has 10 heteroatoms. The fraction of sp³-hybridized carbons (Fsp3) is 0.400. The van der Waals surface area contributed by atoms with E-state index < -0.39 is 16.1 Å². The summed E-state index contributed by atoms with van der Waals surface area (Å²) < 4.78 is 26.7. The molecular weight excluding hydrogens is 468 g/mol. The normalized spacial score (nSPS) is 13.7. The lowest BCUT2D eigenvalue weighted by Crippen LogP contribution is -2.33. The zero-order valence-electron chi connectivity index (χ0n) is 20.3. The van der Waals surface area contributed by atoms with Gasteiger partial charge in [-0.2, -0.15) is 0 Å². The number of sulfonamides is 1. The summed E-state index contributed by atoms with van der Waals surface area (Å²) in [5.41, 5.74) is 2.54. The third kappa shape index (κ3) is 6.67. The van der Waals surface area contributed by atoms with Gasteiger partial charge in [-0.05, 0) is 43.0 Å². The SMILES string of the molecule is Cc1cccc(S(=O)(=O)N(C)CCCCC(=O)N(C)Cc2ccc(C3=NCCN3C(=O)O)cc2)c1. The van der Waals surface area contributed by atoms with Crippen molar-refractivity contribution < 1.29 is 23.1 Å². The Morgan fingerprint density at radius 1 is 1.09 bits per heavy atom. The molecule has 0 bridgehead atoms. The predicted octanol–water partition coefficient (Wildman–Crippen LogP) is 3.18. The second-order valence-corrected chi connectivity index (χ2v) is 10.7. The Labute approximate surface area is 206 Å². The standard InChI is InChI=1S/C25H32N4O5S/c1-19-7-6-8-22(17-19)35(33,34)28(3)15-5-4-9-23(30)27(2)18-20-10-12-21(13-11-20)24-26-14-16-29(24)25(31)32/h6-8,10-13,17H,4-5,9,14-16,18H2,1-3H3,(H,31,32). The van der Waals surface area contributed by atoms with Gasteiger partial charge >= 0.3 is 6.09 Å². The third-order valence-corrected chi connectivity index (χ3v) is 7.79. The minimum absolute atomic E-state index is 0.0181. The van der Waals surface area contributed by atoms with E-state index in [0.29, 0.717) is 51.3 Å². The Balaban J connectivity index is 1.45. The number of nitrogens with zero attached hydrogens (tertiary/aromatic N) is 4. The molecule has 3 rings (SSSR count). The lowest BCUT2D eigenvalue weighted by molar-refractivity contribution is -0.130. The van der Waals surface area contributed by atoms with Crippen LogP contribution in [-0.4, -0.2) is 79.2 Å². The highest BCUT2D eigenvalue weighted by molar-refractivity contribution is 7.89. The molecule has 2 aromatic carbocycles. The lowest BCUT2D eigenvalue weighted by atomic mass is 10.1. The van der Waals surface area contributed by atoms with Gasteiger partial charge in [0.1, 0.15) is 5.84 Å². The number of benzene rings is 2. The Morgan fingerprint density at radius 3 is 2.46 bits per heavy atom. The second kappa shape index (κ2) is 11.5. The molecule has 9 nitrogen and oxygen atoms in total. The molecule has 35 heavy (non-hydrogen) atoms. The average molecular weight is 501 g/mol. The van der Waals surface area contributed by atoms with E-state index in [9.17, 15) is 23.1 Å². The van der Waals surface area contributed by atoms with E-state index in [0.717, 1.165) is 16.7 Å². The summed E-state index contributed by atoms with van der Waals surface area (Å²) in [5.74, 6) is 0.429. The maximum Gasteiger partial charge on any atom is 0.413 e. The van der Waals surface area contributed by atoms with Crippen LogP contribution in [0.1, 0.15) is 36.0 Å². The van der Waals surface area contributed by atoms with Crippen LogP contribution in [-0.2, 0) is 21.4 Å². The molecule has 1 heterocycles. The molecule has 0 spiro atoms. The Hall–Kier alpha value is -3.24. The van der Waals surface area contributed by atoms with Gasteiger partial charge in [0.2, 0.25) is 15.9 Å². The van der Waals surface area contributed by atoms with Gasteiger partial charge in [0.05, 0.1) is 18.0 Å². The van der Waals surface area contributed by atoms with Crippen molar-refractivity contribution in [2.75, 3.05) is 33.7 Å². The van der Waals surface area contributed by atoms with Crippen molar-refractivity contribution in [1.29, 1.82) is 0 Å². The van der Waals surface area contributed by atoms with Crippen LogP contribution in [0.5, 0.6) is 0 Å². The molecule has 0 saturated heterocycles. The molecule has 0 unspecified atom stereocenters. The van der Waals surface area contributed by atoms with Crippen molar-refractivity contribution in [3.8, 4) is 0 Å². The van der Waals surface area contributed by atoms with Crippen LogP contribution >= 0.6 is 0 Å². The number of amidine groups is 1. The van der Waals surface area contributed by atoms with Gasteiger partial charge in [0.15, 0.2) is 0 Å². The predicted molar refractivity (Wildman–Crippen MR) is 134 cm³/mol. The first-order valence-electron chi connectivity index (χ1n) is 11.5. The molecule has 2 aromatic rings. The van der Waals surface area contributed by atoms with Crippen molar-refractivity contribution in [3.05, 3.63) is 65.2 Å². The number of carbonyl (C=O) groups excluding carboxylic acids is 1. The molecule has 1 aliphatic heterocycles. The third-order valence-electron chi connectivity index (χ3n) is 5.94. The van der Waals surface area contributed by atoms with E-state index in [4.69, 9.17) is 0 Å². The van der Waals surface area contributed by atoms with Gasteiger partial charge in [-0.25, -0.2) is 17.5 Å². The topological polar surface area (TPSA) is 111 Å². The Morgan fingerprint density at radius 2 is 1.80 bits per heavy atom. The summed E-state index contributed by atoms with van der Waals surface area (Å²) in [6, 6.07) is 14.2. The summed E-state index contributed by atoms with van der Waals surface area (Å²) in [7, 11) is -0.252. The van der Waals surface area contributed by atoms with Gasteiger partial charge in [0, 0.05) is 39.2 Å². The Kier molecular flexibility index (Phi) is 8.63. The minimum Gasteiger partial charge on any atom is -0.465 e. The number of carboxylic acid groups (broad SMARTS) is 1. The number of rotatable bonds is 10. The number of carbonyl (C=O) groups is 2. The fourth-order valence-corrected chi connectivity index (χ4v) is 5.19. The number of amides is 2. The van der Waals surface area contributed by atoms with Crippen LogP contribution in [0, 0.1) is 6.92 Å². The Bertz CT molecular complexity index is 1190. The molecule has 0 saturated carbocycles. The van der Waals surface area contributed by atoms with Gasteiger partial charge in [-0.1, -0.05) is 36.4 Å². The van der Waals surface area contributed by atoms with E-state index >= 15 is 0 Å². The van der Waals surface area contributed by atoms with E-state index in [2.05, 4.69) is 4.99 Å². The summed E-state index contributed by atoms with van der Waals surface area (Å²) in [5, 5.41) is 9.27. The van der Waals surface area contributed by atoms with Crippen molar-refractivity contribution in [2.24, 2.45) is 4.99 Å². The molecule has 188 valence electrons. The van der Waals surface area contributed by atoms with Crippen LogP contribution in [0.3, 0.4) is 0 Å². The first kappa shape index (κ1) is 26.4. The molecular formula is C25H32N4O5S. The second-order valence-electron chi connectivity index (χ2n) is 8.69. The maximum absolute atomic E-state index is 12.7. The smallest absolute Gasteiger partial charge is 0.413 e. The molecule has 0 aliphatic carbocycles. The maximum atomic E-state index is 12.7. The highest BCUT2D eigenvalue weighted by Gasteiger charge is 2.24. The molecule has 1 aliphatic rings. The zero-order chi connectivity index (χ0) is 25.6. The van der Waals surface area contributed by atoms with Crippen molar-refractivity contribution >= 4 is 27.9 Å². The number of hydrogen-bond acceptors (Lipinski definition) is 5. The first-order chi connectivity index (χ1) is 16.6. The number of aryl methyl sites for hydroxylation is 1. The number of hydrogen-bond donors (Lipinski definition) is 1. The summed E-state index contributed by atoms with van der Waals surface area (Å²) in [6.07, 6.45) is 0.477. The van der Waals surface area contributed by atoms with Crippen LogP contribution in [0.25, 0.3) is 0 Å². The highest BCUT2D eigenvalue weighted by atomic mass is 32.2. The molecule has 1 N–H and O–H groups in total. The van der Waals surface area contributed by atoms with Crippen LogP contribution < -0.4 is 0 Å². The van der Waals surface area contributed by atoms with Crippen LogP contribution in [0.15, 0.2) is 58.4 Å². The zero-order valence-corrected chi connectivity index (χ0v) is 21.2. The lowest BCUT2D eigenvalue weighted by Gasteiger charge is -2.19. The first-order valence-corrected chi connectivity index (χ1v) is 12.9. The summed E-state index contributed by atoms with van der Waals surface area (Å²) in [6.45, 7) is 3.43. The average Bonchev–Trinajstić information content (AvgIpc) is 3.32. The summed E-state index contributed by atoms with van der Waals surface area (Å²) >= 11 is 0. The number of aliphatic imine (C=N–C) groups is 1. The van der Waals surface area contributed by atoms with E-state index in [1.807, 2.05) is 37.3 Å². The molecule has 0 radical (unpaired) electrons. The van der Waals surface area contributed by atoms with Gasteiger partial charge in [-0.15, -0.1) is 0 Å². The van der Waals surface area contributed by atoms with Gasteiger partial charge in [0.25, 0.3) is 0 Å². The van der Waals surface area contributed by atoms with E-state index in [-0.39, 0.29) is 10.8 Å². The van der Waals surface area contributed by atoms with Gasteiger partial charge < -0.3 is 10.0 Å². The monoisotopic (exact) mass is 500 g/mol. The van der Waals surface area contributed by atoms with Crippen molar-refractivity contribution in [1.82, 2.24) is 14.1 Å². The highest BCUT2D eigenvalue weighted by Crippen LogP contribution is 2.17. The van der Waals surface area contributed by atoms with E-state index in [1.54, 1.807) is 37.2 Å². The van der Waals surface area contributed by atoms with Crippen molar-refractivity contribution in [3.63, 3.8) is 0 Å². The van der Waals surface area contributed by atoms with Crippen LogP contribution in [0.4, 0.5) is 4.79 Å². The fourth-order valence-electron chi connectivity index (χ4n) is 3.88. The summed E-state index contributed by atoms with van der Waals surface area (Å²) in [4.78, 5) is 31.3. The molecule has 0 atom stereocenters. The largest absolute Gasteiger partial charge is 0.465 e. The molecule has 0 aromatic heterocycles. The molecule has 0 fully saturated rings. The van der Waals surface area contributed by atoms with E-state index in [1.165, 1.54) is 9.21 Å². The number of unbranched alkanes of at least 4 members (excludes halogenated alkanes) is 1. The van der Waals surface area contributed by atoms with Crippen LogP contribution in [0.2, 0.25) is 0 Å². The van der Waals surface area contributed by atoms with Crippen molar-refractivity contribution in [2.45, 2.75) is 37.6 Å².